The molecule has 0 unspecified atom stereocenters. The molecule has 0 aliphatic carbocycles. The molecule has 1 fully saturated rings. The first-order chi connectivity index (χ1) is 13.4. The summed E-state index contributed by atoms with van der Waals surface area (Å²) in [6.45, 7) is 6.60. The zero-order valence-corrected chi connectivity index (χ0v) is 16.4. The van der Waals surface area contributed by atoms with E-state index >= 15 is 0 Å². The molecule has 0 radical (unpaired) electrons. The van der Waals surface area contributed by atoms with Crippen LogP contribution in [0, 0.1) is 5.92 Å². The highest BCUT2D eigenvalue weighted by atomic mass is 16.4. The Morgan fingerprint density at radius 3 is 2.43 bits per heavy atom. The van der Waals surface area contributed by atoms with Crippen LogP contribution < -0.4 is 11.0 Å². The highest BCUT2D eigenvalue weighted by Crippen LogP contribution is 2.18. The summed E-state index contributed by atoms with van der Waals surface area (Å²) >= 11 is 0. The van der Waals surface area contributed by atoms with Crippen LogP contribution >= 0.6 is 0 Å². The predicted octanol–water partition coefficient (Wildman–Crippen LogP) is 2.13. The number of aromatic nitrogens is 2. The first-order valence-corrected chi connectivity index (χ1v) is 9.82. The molecule has 28 heavy (non-hydrogen) atoms. The lowest BCUT2D eigenvalue weighted by Crippen LogP contribution is -2.42. The van der Waals surface area contributed by atoms with E-state index in [2.05, 4.69) is 10.2 Å². The van der Waals surface area contributed by atoms with Gasteiger partial charge in [0.25, 0.3) is 0 Å². The minimum atomic E-state index is -0.777. The summed E-state index contributed by atoms with van der Waals surface area (Å²) in [5.74, 6) is -0.445. The van der Waals surface area contributed by atoms with Crippen molar-refractivity contribution in [1.29, 1.82) is 0 Å². The lowest BCUT2D eigenvalue weighted by Gasteiger charge is -2.31. The Kier molecular flexibility index (Phi) is 6.18. The second kappa shape index (κ2) is 8.60. The fourth-order valence-electron chi connectivity index (χ4n) is 3.84. The molecule has 2 heterocycles. The molecule has 1 saturated heterocycles. The maximum atomic E-state index is 12.8. The molecule has 0 saturated carbocycles. The molecule has 152 valence electrons. The molecule has 0 atom stereocenters. The van der Waals surface area contributed by atoms with E-state index in [4.69, 9.17) is 5.11 Å². The third-order valence-corrected chi connectivity index (χ3v) is 5.39. The third-order valence-electron chi connectivity index (χ3n) is 5.39. The summed E-state index contributed by atoms with van der Waals surface area (Å²) in [5, 5.41) is 11.7. The maximum absolute atomic E-state index is 12.8. The van der Waals surface area contributed by atoms with Crippen LogP contribution in [0.2, 0.25) is 0 Å². The van der Waals surface area contributed by atoms with Gasteiger partial charge in [0.05, 0.1) is 17.5 Å². The molecule has 8 heteroatoms. The topological polar surface area (TPSA) is 96.6 Å². The normalized spacial score (nSPS) is 16.0. The Hall–Kier alpha value is -2.61. The number of carboxylic acids is 1. The second-order valence-electron chi connectivity index (χ2n) is 7.69. The van der Waals surface area contributed by atoms with Gasteiger partial charge in [-0.15, -0.1) is 0 Å². The van der Waals surface area contributed by atoms with Crippen molar-refractivity contribution in [3.63, 3.8) is 0 Å². The van der Waals surface area contributed by atoms with Gasteiger partial charge < -0.3 is 15.3 Å². The Morgan fingerprint density at radius 1 is 1.18 bits per heavy atom. The van der Waals surface area contributed by atoms with Crippen molar-refractivity contribution in [2.24, 2.45) is 5.92 Å². The summed E-state index contributed by atoms with van der Waals surface area (Å²) < 4.78 is 2.85. The Balaban J connectivity index is 1.63. The van der Waals surface area contributed by atoms with Gasteiger partial charge in [-0.3, -0.25) is 9.36 Å². The van der Waals surface area contributed by atoms with Crippen LogP contribution in [0.3, 0.4) is 0 Å². The highest BCUT2D eigenvalue weighted by Gasteiger charge is 2.23. The van der Waals surface area contributed by atoms with E-state index in [-0.39, 0.29) is 18.2 Å². The van der Waals surface area contributed by atoms with E-state index in [0.717, 1.165) is 31.4 Å². The number of nitrogens with zero attached hydrogens (tertiary/aromatic N) is 3. The summed E-state index contributed by atoms with van der Waals surface area (Å²) in [4.78, 5) is 38.4. The molecule has 3 rings (SSSR count). The van der Waals surface area contributed by atoms with Gasteiger partial charge in [0.1, 0.15) is 0 Å². The number of carbonyl (C=O) groups is 2. The number of hydrogen-bond donors (Lipinski definition) is 2. The number of amides is 1. The van der Waals surface area contributed by atoms with Gasteiger partial charge in [0.2, 0.25) is 0 Å². The molecular formula is C20H28N4O4. The number of piperidine rings is 1. The van der Waals surface area contributed by atoms with Crippen molar-refractivity contribution in [1.82, 2.24) is 19.4 Å². The predicted molar refractivity (Wildman–Crippen MR) is 107 cm³/mol. The van der Waals surface area contributed by atoms with Crippen LogP contribution in [-0.2, 0) is 4.79 Å². The number of aliphatic carboxylic acids is 1. The van der Waals surface area contributed by atoms with Crippen molar-refractivity contribution in [3.8, 4) is 0 Å². The van der Waals surface area contributed by atoms with Gasteiger partial charge in [0.15, 0.2) is 0 Å². The highest BCUT2D eigenvalue weighted by molar-refractivity contribution is 5.89. The molecule has 0 bridgehead atoms. The Labute approximate surface area is 163 Å². The summed E-state index contributed by atoms with van der Waals surface area (Å²) in [6.07, 6.45) is 1.97. The van der Waals surface area contributed by atoms with Crippen molar-refractivity contribution < 1.29 is 14.7 Å². The van der Waals surface area contributed by atoms with E-state index in [0.29, 0.717) is 24.5 Å². The zero-order chi connectivity index (χ0) is 20.3. The third kappa shape index (κ3) is 4.27. The lowest BCUT2D eigenvalue weighted by molar-refractivity contribution is -0.137. The van der Waals surface area contributed by atoms with Crippen LogP contribution in [-0.4, -0.2) is 57.3 Å². The summed E-state index contributed by atoms with van der Waals surface area (Å²) in [5.41, 5.74) is 1.05. The van der Waals surface area contributed by atoms with E-state index in [1.54, 1.807) is 10.6 Å². The molecule has 8 nitrogen and oxygen atoms in total. The van der Waals surface area contributed by atoms with Gasteiger partial charge >= 0.3 is 17.7 Å². The summed E-state index contributed by atoms with van der Waals surface area (Å²) in [6, 6.07) is 6.89. The average Bonchev–Trinajstić information content (AvgIpc) is 2.97. The summed E-state index contributed by atoms with van der Waals surface area (Å²) in [7, 11) is 0. The largest absolute Gasteiger partial charge is 0.481 e. The van der Waals surface area contributed by atoms with Crippen LogP contribution in [0.1, 0.15) is 39.2 Å². The van der Waals surface area contributed by atoms with Gasteiger partial charge in [-0.05, 0) is 57.8 Å². The quantitative estimate of drug-likeness (QED) is 0.790. The van der Waals surface area contributed by atoms with E-state index in [1.807, 2.05) is 32.0 Å². The lowest BCUT2D eigenvalue weighted by atomic mass is 9.97. The number of fused-ring (bicyclic) bond motifs is 1. The zero-order valence-electron chi connectivity index (χ0n) is 16.4. The Bertz CT molecular complexity index is 907. The number of carbonyl (C=O) groups excluding carboxylic acids is 1. The van der Waals surface area contributed by atoms with Gasteiger partial charge in [0, 0.05) is 19.1 Å². The number of rotatable bonds is 6. The Morgan fingerprint density at radius 2 is 1.82 bits per heavy atom. The van der Waals surface area contributed by atoms with Crippen molar-refractivity contribution in [2.75, 3.05) is 26.2 Å². The van der Waals surface area contributed by atoms with Crippen LogP contribution in [0.5, 0.6) is 0 Å². The number of carboxylic acid groups (broad SMARTS) is 1. The molecule has 1 aromatic carbocycles. The van der Waals surface area contributed by atoms with Crippen LogP contribution in [0.25, 0.3) is 11.0 Å². The fourth-order valence-corrected chi connectivity index (χ4v) is 3.84. The number of hydrogen-bond acceptors (Lipinski definition) is 4. The monoisotopic (exact) mass is 388 g/mol. The molecule has 2 N–H and O–H groups in total. The van der Waals surface area contributed by atoms with E-state index in [1.165, 1.54) is 4.57 Å². The minimum Gasteiger partial charge on any atom is -0.481 e. The van der Waals surface area contributed by atoms with Gasteiger partial charge in [-0.25, -0.2) is 14.2 Å². The molecule has 0 spiro atoms. The van der Waals surface area contributed by atoms with Crippen LogP contribution in [0.15, 0.2) is 29.1 Å². The second-order valence-corrected chi connectivity index (χ2v) is 7.69. The molecule has 1 amide bonds. The van der Waals surface area contributed by atoms with E-state index < -0.39 is 12.0 Å². The van der Waals surface area contributed by atoms with Gasteiger partial charge in [-0.2, -0.15) is 0 Å². The first-order valence-electron chi connectivity index (χ1n) is 9.82. The average molecular weight is 388 g/mol. The molecule has 1 aliphatic rings. The van der Waals surface area contributed by atoms with Crippen molar-refractivity contribution in [2.45, 2.75) is 39.2 Å². The minimum absolute atomic E-state index is 0.0402. The van der Waals surface area contributed by atoms with Crippen LogP contribution in [0.4, 0.5) is 4.79 Å². The number of para-hydroxylation sites is 2. The SMILES string of the molecule is CC(C)n1c(=O)n(C(=O)NCC2CCN(CCC(=O)O)CC2)c2ccccc21. The maximum Gasteiger partial charge on any atom is 0.337 e. The molecular weight excluding hydrogens is 360 g/mol. The van der Waals surface area contributed by atoms with Crippen molar-refractivity contribution >= 4 is 23.0 Å². The number of imidazole rings is 1. The van der Waals surface area contributed by atoms with Gasteiger partial charge in [-0.1, -0.05) is 12.1 Å². The van der Waals surface area contributed by atoms with Crippen molar-refractivity contribution in [3.05, 3.63) is 34.7 Å². The molecule has 1 aliphatic heterocycles. The number of likely N-dealkylation sites (tertiary alicyclic amines) is 1. The standard InChI is InChI=1S/C20H28N4O4/c1-14(2)23-16-5-3-4-6-17(16)24(20(23)28)19(27)21-13-15-7-10-22(11-8-15)12-9-18(25)26/h3-6,14-15H,7-13H2,1-2H3,(H,21,27)(H,25,26). The number of nitrogens with one attached hydrogen (secondary N) is 1. The van der Waals surface area contributed by atoms with E-state index in [9.17, 15) is 14.4 Å². The smallest absolute Gasteiger partial charge is 0.337 e. The molecule has 1 aromatic heterocycles. The fraction of sp³-hybridized carbons (Fsp3) is 0.550. The molecule has 2 aromatic rings. The first kappa shape index (κ1) is 20.1. The number of benzene rings is 1.